The van der Waals surface area contributed by atoms with Crippen LogP contribution in [0.5, 0.6) is 5.75 Å². The molecule has 1 aromatic carbocycles. The van der Waals surface area contributed by atoms with Gasteiger partial charge in [0.1, 0.15) is 11.4 Å². The van der Waals surface area contributed by atoms with E-state index in [2.05, 4.69) is 10.2 Å². The van der Waals surface area contributed by atoms with Gasteiger partial charge in [0.25, 0.3) is 11.6 Å². The second-order valence-electron chi connectivity index (χ2n) is 7.90. The average Bonchev–Trinajstić information content (AvgIpc) is 2.70. The molecule has 1 N–H and O–H groups in total. The van der Waals surface area contributed by atoms with Crippen molar-refractivity contribution in [3.63, 3.8) is 0 Å². The Morgan fingerprint density at radius 1 is 1.29 bits per heavy atom. The average molecular weight is 390 g/mol. The van der Waals surface area contributed by atoms with E-state index in [9.17, 15) is 14.9 Å². The maximum absolute atomic E-state index is 12.8. The summed E-state index contributed by atoms with van der Waals surface area (Å²) in [5.41, 5.74) is 0.506. The summed E-state index contributed by atoms with van der Waals surface area (Å²) in [4.78, 5) is 28.0. The van der Waals surface area contributed by atoms with Gasteiger partial charge in [-0.3, -0.25) is 14.9 Å². The third-order valence-corrected chi connectivity index (χ3v) is 5.97. The summed E-state index contributed by atoms with van der Waals surface area (Å²) in [5.74, 6) is 0.452. The van der Waals surface area contributed by atoms with Crippen LogP contribution < -0.4 is 15.0 Å². The van der Waals surface area contributed by atoms with Gasteiger partial charge < -0.3 is 19.9 Å². The lowest BCUT2D eigenvalue weighted by Gasteiger charge is -2.44. The molecular formula is C20H30N4O4. The van der Waals surface area contributed by atoms with E-state index in [4.69, 9.17) is 4.74 Å². The third kappa shape index (κ3) is 4.22. The lowest BCUT2D eigenvalue weighted by atomic mass is 9.83. The van der Waals surface area contributed by atoms with Crippen molar-refractivity contribution in [2.24, 2.45) is 5.92 Å². The Bertz CT molecular complexity index is 735. The predicted octanol–water partition coefficient (Wildman–Crippen LogP) is 2.66. The number of nitro benzene ring substituents is 1. The van der Waals surface area contributed by atoms with Gasteiger partial charge in [-0.2, -0.15) is 0 Å². The van der Waals surface area contributed by atoms with Crippen LogP contribution in [0.25, 0.3) is 0 Å². The summed E-state index contributed by atoms with van der Waals surface area (Å²) in [6, 6.07) is 3.41. The number of carbonyl (C=O) groups excluding carboxylic acids is 1. The number of fused-ring (bicyclic) bond motifs is 1. The first-order valence-corrected chi connectivity index (χ1v) is 9.98. The number of nitrogens with zero attached hydrogens (tertiary/aromatic N) is 3. The molecule has 2 saturated heterocycles. The first-order chi connectivity index (χ1) is 13.4. The van der Waals surface area contributed by atoms with Crippen LogP contribution in [0.15, 0.2) is 12.1 Å². The quantitative estimate of drug-likeness (QED) is 0.593. The molecule has 1 aromatic rings. The van der Waals surface area contributed by atoms with E-state index in [1.54, 1.807) is 25.1 Å². The largest absolute Gasteiger partial charge is 0.496 e. The van der Waals surface area contributed by atoms with Gasteiger partial charge in [0.2, 0.25) is 0 Å². The zero-order valence-electron chi connectivity index (χ0n) is 16.9. The van der Waals surface area contributed by atoms with Crippen molar-refractivity contribution in [1.29, 1.82) is 0 Å². The van der Waals surface area contributed by atoms with Gasteiger partial charge >= 0.3 is 0 Å². The van der Waals surface area contributed by atoms with E-state index in [1.165, 1.54) is 32.4 Å². The molecule has 8 nitrogen and oxygen atoms in total. The van der Waals surface area contributed by atoms with Gasteiger partial charge in [0, 0.05) is 38.8 Å². The molecule has 2 aliphatic rings. The van der Waals surface area contributed by atoms with Crippen LogP contribution in [-0.2, 0) is 0 Å². The van der Waals surface area contributed by atoms with Crippen molar-refractivity contribution in [1.82, 2.24) is 10.2 Å². The lowest BCUT2D eigenvalue weighted by molar-refractivity contribution is -0.384. The molecule has 0 saturated carbocycles. The molecular weight excluding hydrogens is 360 g/mol. The Morgan fingerprint density at radius 2 is 2.04 bits per heavy atom. The Hall–Kier alpha value is -2.35. The normalized spacial score (nSPS) is 22.2. The monoisotopic (exact) mass is 390 g/mol. The van der Waals surface area contributed by atoms with E-state index < -0.39 is 4.92 Å². The van der Waals surface area contributed by atoms with Crippen LogP contribution >= 0.6 is 0 Å². The third-order valence-electron chi connectivity index (χ3n) is 5.97. The van der Waals surface area contributed by atoms with Crippen LogP contribution in [0, 0.1) is 16.0 Å². The molecule has 8 heteroatoms. The second kappa shape index (κ2) is 8.77. The number of carbonyl (C=O) groups is 1. The number of anilines is 1. The zero-order valence-corrected chi connectivity index (χ0v) is 16.9. The lowest BCUT2D eigenvalue weighted by Crippen LogP contribution is -2.51. The van der Waals surface area contributed by atoms with E-state index in [-0.39, 0.29) is 17.2 Å². The van der Waals surface area contributed by atoms with Gasteiger partial charge in [-0.05, 0) is 44.7 Å². The highest BCUT2D eigenvalue weighted by Gasteiger charge is 2.33. The van der Waals surface area contributed by atoms with Gasteiger partial charge in [0.05, 0.1) is 17.6 Å². The topological polar surface area (TPSA) is 88.0 Å². The highest BCUT2D eigenvalue weighted by molar-refractivity contribution is 5.98. The minimum Gasteiger partial charge on any atom is -0.496 e. The Morgan fingerprint density at radius 3 is 2.71 bits per heavy atom. The molecule has 1 amide bonds. The summed E-state index contributed by atoms with van der Waals surface area (Å²) in [5, 5.41) is 14.5. The molecule has 0 aliphatic carbocycles. The summed E-state index contributed by atoms with van der Waals surface area (Å²) in [7, 11) is 4.92. The molecule has 28 heavy (non-hydrogen) atoms. The van der Waals surface area contributed by atoms with Gasteiger partial charge in [-0.15, -0.1) is 0 Å². The van der Waals surface area contributed by atoms with Crippen molar-refractivity contribution >= 4 is 17.3 Å². The number of hydrogen-bond donors (Lipinski definition) is 1. The molecule has 3 rings (SSSR count). The van der Waals surface area contributed by atoms with Crippen molar-refractivity contribution in [2.75, 3.05) is 45.7 Å². The Balaban J connectivity index is 1.76. The van der Waals surface area contributed by atoms with Crippen LogP contribution in [0.3, 0.4) is 0 Å². The van der Waals surface area contributed by atoms with E-state index in [0.29, 0.717) is 29.9 Å². The number of piperidine rings is 2. The smallest absolute Gasteiger partial charge is 0.293 e. The minimum atomic E-state index is -0.466. The van der Waals surface area contributed by atoms with Crippen molar-refractivity contribution < 1.29 is 14.5 Å². The standard InChI is InChI=1S/C20H30N4O4/c1-22(2)17-12-19(28-3)15(11-18(17)24(26)27)20(25)21-13-14-7-6-10-23-9-5-4-8-16(14)23/h11-12,14,16H,4-10,13H2,1-3H3,(H,21,25)/t14-,16+/m0/s1. The number of hydrogen-bond acceptors (Lipinski definition) is 6. The molecule has 2 atom stereocenters. The Labute approximate surface area is 166 Å². The molecule has 0 spiro atoms. The molecule has 0 aromatic heterocycles. The highest BCUT2D eigenvalue weighted by Crippen LogP contribution is 2.35. The fraction of sp³-hybridized carbons (Fsp3) is 0.650. The molecule has 0 bridgehead atoms. The number of rotatable bonds is 6. The fourth-order valence-electron chi connectivity index (χ4n) is 4.54. The van der Waals surface area contributed by atoms with Gasteiger partial charge in [-0.1, -0.05) is 6.42 Å². The summed E-state index contributed by atoms with van der Waals surface area (Å²) < 4.78 is 5.35. The SMILES string of the molecule is COc1cc(N(C)C)c([N+](=O)[O-])cc1C(=O)NC[C@@H]1CCCN2CCCC[C@H]12. The number of ether oxygens (including phenoxy) is 1. The molecule has 0 radical (unpaired) electrons. The van der Waals surface area contributed by atoms with E-state index in [1.807, 2.05) is 0 Å². The van der Waals surface area contributed by atoms with E-state index in [0.717, 1.165) is 25.9 Å². The predicted molar refractivity (Wildman–Crippen MR) is 108 cm³/mol. The van der Waals surface area contributed by atoms with Crippen LogP contribution in [0.4, 0.5) is 11.4 Å². The van der Waals surface area contributed by atoms with Crippen LogP contribution in [-0.4, -0.2) is 62.6 Å². The first-order valence-electron chi connectivity index (χ1n) is 9.98. The highest BCUT2D eigenvalue weighted by atomic mass is 16.6. The fourth-order valence-corrected chi connectivity index (χ4v) is 4.54. The molecule has 154 valence electrons. The zero-order chi connectivity index (χ0) is 20.3. The molecule has 0 unspecified atom stereocenters. The van der Waals surface area contributed by atoms with Gasteiger partial charge in [-0.25, -0.2) is 0 Å². The van der Waals surface area contributed by atoms with Crippen molar-refractivity contribution in [3.8, 4) is 5.75 Å². The molecule has 2 fully saturated rings. The number of nitrogens with one attached hydrogen (secondary N) is 1. The van der Waals surface area contributed by atoms with Crippen LogP contribution in [0.1, 0.15) is 42.5 Å². The summed E-state index contributed by atoms with van der Waals surface area (Å²) in [6.45, 7) is 2.90. The summed E-state index contributed by atoms with van der Waals surface area (Å²) >= 11 is 0. The minimum absolute atomic E-state index is 0.105. The van der Waals surface area contributed by atoms with Gasteiger partial charge in [0.15, 0.2) is 0 Å². The molecule has 2 heterocycles. The van der Waals surface area contributed by atoms with Crippen LogP contribution in [0.2, 0.25) is 0 Å². The Kier molecular flexibility index (Phi) is 6.39. The second-order valence-corrected chi connectivity index (χ2v) is 7.90. The maximum atomic E-state index is 12.8. The number of nitro groups is 1. The summed E-state index contributed by atoms with van der Waals surface area (Å²) in [6.07, 6.45) is 5.96. The van der Waals surface area contributed by atoms with E-state index >= 15 is 0 Å². The molecule has 2 aliphatic heterocycles. The first kappa shape index (κ1) is 20.4. The van der Waals surface area contributed by atoms with Crippen molar-refractivity contribution in [3.05, 3.63) is 27.8 Å². The van der Waals surface area contributed by atoms with Crippen molar-refractivity contribution in [2.45, 2.75) is 38.1 Å². The maximum Gasteiger partial charge on any atom is 0.293 e. The number of methoxy groups -OCH3 is 1. The number of benzene rings is 1. The number of amides is 1.